The fraction of sp³-hybridized carbons (Fsp3) is 0.375. The number of rotatable bonds is 8. The van der Waals surface area contributed by atoms with Gasteiger partial charge in [0.2, 0.25) is 0 Å². The van der Waals surface area contributed by atoms with Crippen molar-refractivity contribution >= 4 is 58.5 Å². The summed E-state index contributed by atoms with van der Waals surface area (Å²) in [5.74, 6) is -1.83. The highest BCUT2D eigenvalue weighted by atomic mass is 127. The van der Waals surface area contributed by atoms with Crippen LogP contribution in [-0.4, -0.2) is 53.0 Å². The van der Waals surface area contributed by atoms with Gasteiger partial charge in [-0.15, -0.1) is 0 Å². The Morgan fingerprint density at radius 1 is 0.829 bits per heavy atom. The van der Waals surface area contributed by atoms with Crippen LogP contribution in [0.4, 0.5) is 0 Å². The number of benzene rings is 2. The van der Waals surface area contributed by atoms with E-state index < -0.39 is 53.8 Å². The summed E-state index contributed by atoms with van der Waals surface area (Å²) < 4.78 is 42.0. The molecule has 2 aromatic rings. The Kier molecular flexibility index (Phi) is 9.46. The molecule has 9 nitrogen and oxygen atoms in total. The minimum absolute atomic E-state index is 0.296. The zero-order valence-corrected chi connectivity index (χ0v) is 22.4. The Bertz CT molecular complexity index is 1040. The van der Waals surface area contributed by atoms with E-state index in [0.717, 1.165) is 0 Å². The van der Waals surface area contributed by atoms with E-state index in [1.807, 2.05) is 22.6 Å². The van der Waals surface area contributed by atoms with Gasteiger partial charge in [0.15, 0.2) is 18.5 Å². The minimum atomic E-state index is -3.69. The molecule has 1 aliphatic rings. The van der Waals surface area contributed by atoms with Gasteiger partial charge in [-0.25, -0.2) is 0 Å². The first kappa shape index (κ1) is 27.3. The minimum Gasteiger partial charge on any atom is -0.463 e. The molecule has 0 saturated carbocycles. The van der Waals surface area contributed by atoms with Crippen LogP contribution in [0.25, 0.3) is 0 Å². The zero-order chi connectivity index (χ0) is 25.6. The van der Waals surface area contributed by atoms with Crippen LogP contribution >= 0.6 is 30.0 Å². The number of carbonyl (C=O) groups is 3. The van der Waals surface area contributed by atoms with Crippen molar-refractivity contribution in [3.8, 4) is 0 Å². The maximum absolute atomic E-state index is 14.4. The van der Waals surface area contributed by atoms with Gasteiger partial charge in [-0.3, -0.25) is 23.5 Å². The maximum Gasteiger partial charge on any atom is 0.303 e. The van der Waals surface area contributed by atoms with Gasteiger partial charge in [0, 0.05) is 31.4 Å². The molecule has 35 heavy (non-hydrogen) atoms. The lowest BCUT2D eigenvalue weighted by Gasteiger charge is -2.43. The lowest BCUT2D eigenvalue weighted by Crippen LogP contribution is -2.60. The van der Waals surface area contributed by atoms with E-state index in [-0.39, 0.29) is 6.61 Å². The topological polar surface area (TPSA) is 114 Å². The van der Waals surface area contributed by atoms with Gasteiger partial charge in [-0.2, -0.15) is 0 Å². The number of carbonyl (C=O) groups excluding carboxylic acids is 3. The first-order valence-electron chi connectivity index (χ1n) is 10.8. The van der Waals surface area contributed by atoms with Crippen LogP contribution in [0.3, 0.4) is 0 Å². The summed E-state index contributed by atoms with van der Waals surface area (Å²) in [4.78, 5) is 35.2. The SMILES string of the molecule is CC(=O)OC[C@H]1O[C@@H](OP(=O)(c2ccccc2)c2ccccc2)[C@H](I)[C@@H](OC(C)=O)[C@H]1OC(C)=O. The van der Waals surface area contributed by atoms with E-state index in [0.29, 0.717) is 10.6 Å². The van der Waals surface area contributed by atoms with E-state index in [1.54, 1.807) is 60.7 Å². The van der Waals surface area contributed by atoms with Crippen molar-refractivity contribution in [2.24, 2.45) is 0 Å². The first-order chi connectivity index (χ1) is 16.6. The molecule has 0 amide bonds. The van der Waals surface area contributed by atoms with E-state index in [4.69, 9.17) is 23.5 Å². The summed E-state index contributed by atoms with van der Waals surface area (Å²) in [5.41, 5.74) is 0. The van der Waals surface area contributed by atoms with Crippen LogP contribution in [0.1, 0.15) is 20.8 Å². The molecule has 0 N–H and O–H groups in total. The van der Waals surface area contributed by atoms with Gasteiger partial charge in [0.1, 0.15) is 16.6 Å². The van der Waals surface area contributed by atoms with E-state index in [1.165, 1.54) is 20.8 Å². The predicted octanol–water partition coefficient (Wildman–Crippen LogP) is 2.89. The second kappa shape index (κ2) is 12.1. The van der Waals surface area contributed by atoms with Gasteiger partial charge in [-0.05, 0) is 24.3 Å². The van der Waals surface area contributed by atoms with E-state index >= 15 is 0 Å². The summed E-state index contributed by atoms with van der Waals surface area (Å²) >= 11 is 1.96. The number of hydrogen-bond donors (Lipinski definition) is 0. The van der Waals surface area contributed by atoms with Crippen molar-refractivity contribution in [1.29, 1.82) is 0 Å². The standard InChI is InChI=1S/C24H26IO9P/c1-15(26)30-14-20-22(31-16(2)27)23(32-17(3)28)21(25)24(33-20)34-35(29,18-10-6-4-7-11-18)19-12-8-5-9-13-19/h4-13,20-24H,14H2,1-3H3/t20-,21-,22+,23-,24+/m1/s1. The Morgan fingerprint density at radius 3 is 1.77 bits per heavy atom. The molecule has 0 unspecified atom stereocenters. The number of halogens is 1. The quantitative estimate of drug-likeness (QED) is 0.145. The van der Waals surface area contributed by atoms with Crippen LogP contribution < -0.4 is 10.6 Å². The summed E-state index contributed by atoms with van der Waals surface area (Å²) in [5, 5.41) is 0.891. The maximum atomic E-state index is 14.4. The molecule has 5 atom stereocenters. The van der Waals surface area contributed by atoms with Crippen LogP contribution in [0.2, 0.25) is 0 Å². The molecule has 3 rings (SSSR count). The third kappa shape index (κ3) is 6.91. The molecule has 1 heterocycles. The van der Waals surface area contributed by atoms with Crippen LogP contribution in [0.15, 0.2) is 60.7 Å². The lowest BCUT2D eigenvalue weighted by molar-refractivity contribution is -0.239. The van der Waals surface area contributed by atoms with Crippen molar-refractivity contribution in [2.45, 2.75) is 49.3 Å². The highest BCUT2D eigenvalue weighted by molar-refractivity contribution is 14.1. The third-order valence-electron chi connectivity index (χ3n) is 5.07. The largest absolute Gasteiger partial charge is 0.463 e. The lowest BCUT2D eigenvalue weighted by atomic mass is 10.0. The van der Waals surface area contributed by atoms with Crippen molar-refractivity contribution in [2.75, 3.05) is 6.61 Å². The van der Waals surface area contributed by atoms with Gasteiger partial charge in [0.25, 0.3) is 7.37 Å². The van der Waals surface area contributed by atoms with Crippen molar-refractivity contribution in [3.63, 3.8) is 0 Å². The van der Waals surface area contributed by atoms with Crippen molar-refractivity contribution < 1.29 is 42.4 Å². The molecule has 1 saturated heterocycles. The summed E-state index contributed by atoms with van der Waals surface area (Å²) in [7, 11) is -3.69. The fourth-order valence-electron chi connectivity index (χ4n) is 3.61. The van der Waals surface area contributed by atoms with Crippen molar-refractivity contribution in [3.05, 3.63) is 60.7 Å². The highest BCUT2D eigenvalue weighted by Gasteiger charge is 2.51. The fourth-order valence-corrected chi connectivity index (χ4v) is 6.86. The molecular formula is C24H26IO9P. The van der Waals surface area contributed by atoms with Gasteiger partial charge < -0.3 is 18.9 Å². The molecular weight excluding hydrogens is 590 g/mol. The summed E-state index contributed by atoms with van der Waals surface area (Å²) in [6.45, 7) is 3.35. The summed E-state index contributed by atoms with van der Waals surface area (Å²) in [6.07, 6.45) is -4.30. The zero-order valence-electron chi connectivity index (χ0n) is 19.4. The van der Waals surface area contributed by atoms with E-state index in [9.17, 15) is 18.9 Å². The second-order valence-electron chi connectivity index (χ2n) is 7.77. The van der Waals surface area contributed by atoms with Gasteiger partial charge in [0.05, 0.1) is 0 Å². The molecule has 1 aliphatic heterocycles. The monoisotopic (exact) mass is 616 g/mol. The first-order valence-corrected chi connectivity index (χ1v) is 13.7. The Labute approximate surface area is 217 Å². The van der Waals surface area contributed by atoms with Crippen LogP contribution in [0, 0.1) is 0 Å². The Morgan fingerprint density at radius 2 is 1.31 bits per heavy atom. The molecule has 0 aliphatic carbocycles. The number of esters is 3. The molecule has 0 spiro atoms. The molecule has 0 radical (unpaired) electrons. The molecule has 0 aromatic heterocycles. The Hall–Kier alpha value is -2.27. The number of ether oxygens (including phenoxy) is 4. The van der Waals surface area contributed by atoms with E-state index in [2.05, 4.69) is 0 Å². The average molecular weight is 616 g/mol. The smallest absolute Gasteiger partial charge is 0.303 e. The van der Waals surface area contributed by atoms with Crippen LogP contribution in [-0.2, 0) is 42.4 Å². The normalized spacial score (nSPS) is 24.3. The second-order valence-corrected chi connectivity index (χ2v) is 11.6. The Balaban J connectivity index is 2.02. The number of hydrogen-bond acceptors (Lipinski definition) is 9. The predicted molar refractivity (Wildman–Crippen MR) is 135 cm³/mol. The third-order valence-corrected chi connectivity index (χ3v) is 8.83. The molecule has 11 heteroatoms. The van der Waals surface area contributed by atoms with Gasteiger partial charge in [-0.1, -0.05) is 59.0 Å². The highest BCUT2D eigenvalue weighted by Crippen LogP contribution is 2.49. The van der Waals surface area contributed by atoms with Crippen LogP contribution in [0.5, 0.6) is 0 Å². The molecule has 188 valence electrons. The summed E-state index contributed by atoms with van der Waals surface area (Å²) in [6, 6.07) is 17.4. The van der Waals surface area contributed by atoms with Gasteiger partial charge >= 0.3 is 17.9 Å². The molecule has 2 aromatic carbocycles. The average Bonchev–Trinajstić information content (AvgIpc) is 2.82. The van der Waals surface area contributed by atoms with Crippen molar-refractivity contribution in [1.82, 2.24) is 0 Å². The molecule has 0 bridgehead atoms. The molecule has 1 fully saturated rings. The number of alkyl halides is 1.